The summed E-state index contributed by atoms with van der Waals surface area (Å²) in [5, 5.41) is 5.36. The number of sulfonamides is 1. The van der Waals surface area contributed by atoms with E-state index in [-0.39, 0.29) is 28.2 Å². The van der Waals surface area contributed by atoms with Gasteiger partial charge in [0.05, 0.1) is 7.11 Å². The lowest BCUT2D eigenvalue weighted by molar-refractivity contribution is -0.124. The topological polar surface area (TPSA) is 114 Å². The minimum atomic E-state index is -3.80. The SMILES string of the molecule is COc1ccc(C(=O)NC(C)C(=O)NC(C)(C)C)cc1S(=O)(=O)NC1CC1. The Morgan fingerprint density at radius 3 is 2.37 bits per heavy atom. The number of carbonyl (C=O) groups excluding carboxylic acids is 2. The fourth-order valence-electron chi connectivity index (χ4n) is 2.34. The van der Waals surface area contributed by atoms with Gasteiger partial charge in [-0.3, -0.25) is 9.59 Å². The first-order chi connectivity index (χ1) is 12.4. The van der Waals surface area contributed by atoms with Gasteiger partial charge in [-0.1, -0.05) is 0 Å². The lowest BCUT2D eigenvalue weighted by Gasteiger charge is -2.23. The molecule has 2 amide bonds. The van der Waals surface area contributed by atoms with E-state index < -0.39 is 27.5 Å². The Kier molecular flexibility index (Phi) is 6.16. The third-order valence-electron chi connectivity index (χ3n) is 3.85. The standard InChI is InChI=1S/C18H27N3O5S/c1-11(16(22)20-18(2,3)4)19-17(23)12-6-9-14(26-5)15(10-12)27(24,25)21-13-7-8-13/h6,9-11,13,21H,7-8H2,1-5H3,(H,19,23)(H,20,22). The molecule has 1 saturated carbocycles. The molecule has 0 spiro atoms. The van der Waals surface area contributed by atoms with Crippen molar-refractivity contribution in [1.29, 1.82) is 0 Å². The van der Waals surface area contributed by atoms with Gasteiger partial charge in [-0.25, -0.2) is 13.1 Å². The normalized spacial score (nSPS) is 15.7. The van der Waals surface area contributed by atoms with E-state index in [1.165, 1.54) is 25.3 Å². The molecule has 0 radical (unpaired) electrons. The van der Waals surface area contributed by atoms with E-state index in [0.717, 1.165) is 12.8 Å². The molecule has 2 rings (SSSR count). The third kappa shape index (κ3) is 5.93. The van der Waals surface area contributed by atoms with Crippen LogP contribution < -0.4 is 20.1 Å². The highest BCUT2D eigenvalue weighted by molar-refractivity contribution is 7.89. The van der Waals surface area contributed by atoms with Crippen LogP contribution in [0.4, 0.5) is 0 Å². The van der Waals surface area contributed by atoms with Crippen LogP contribution in [0.25, 0.3) is 0 Å². The average molecular weight is 397 g/mol. The van der Waals surface area contributed by atoms with Crippen LogP contribution in [-0.2, 0) is 14.8 Å². The maximum atomic E-state index is 12.5. The van der Waals surface area contributed by atoms with Crippen molar-refractivity contribution in [3.63, 3.8) is 0 Å². The van der Waals surface area contributed by atoms with E-state index in [1.807, 2.05) is 20.8 Å². The zero-order valence-corrected chi connectivity index (χ0v) is 17.1. The van der Waals surface area contributed by atoms with Crippen LogP contribution in [0, 0.1) is 0 Å². The summed E-state index contributed by atoms with van der Waals surface area (Å²) in [5.74, 6) is -0.720. The minimum Gasteiger partial charge on any atom is -0.495 e. The van der Waals surface area contributed by atoms with Crippen LogP contribution in [0.15, 0.2) is 23.1 Å². The van der Waals surface area contributed by atoms with Crippen molar-refractivity contribution in [1.82, 2.24) is 15.4 Å². The Morgan fingerprint density at radius 2 is 1.85 bits per heavy atom. The number of hydrogen-bond acceptors (Lipinski definition) is 5. The van der Waals surface area contributed by atoms with Gasteiger partial charge in [-0.2, -0.15) is 0 Å². The molecular weight excluding hydrogens is 370 g/mol. The first-order valence-corrected chi connectivity index (χ1v) is 10.2. The molecule has 27 heavy (non-hydrogen) atoms. The Hall–Kier alpha value is -2.13. The van der Waals surface area contributed by atoms with Gasteiger partial charge in [0, 0.05) is 17.1 Å². The number of benzene rings is 1. The second kappa shape index (κ2) is 7.85. The molecule has 1 aromatic rings. The number of methoxy groups -OCH3 is 1. The average Bonchev–Trinajstić information content (AvgIpc) is 3.35. The van der Waals surface area contributed by atoms with Crippen molar-refractivity contribution in [2.75, 3.05) is 7.11 Å². The predicted octanol–water partition coefficient (Wildman–Crippen LogP) is 1.17. The van der Waals surface area contributed by atoms with E-state index in [4.69, 9.17) is 4.74 Å². The highest BCUT2D eigenvalue weighted by atomic mass is 32.2. The van der Waals surface area contributed by atoms with Crippen LogP contribution in [0.5, 0.6) is 5.75 Å². The molecule has 8 nitrogen and oxygen atoms in total. The second-order valence-corrected chi connectivity index (χ2v) is 9.38. The quantitative estimate of drug-likeness (QED) is 0.639. The van der Waals surface area contributed by atoms with Gasteiger partial charge < -0.3 is 15.4 Å². The van der Waals surface area contributed by atoms with Gasteiger partial charge in [-0.15, -0.1) is 0 Å². The van der Waals surface area contributed by atoms with E-state index in [0.29, 0.717) is 0 Å². The lowest BCUT2D eigenvalue weighted by atomic mass is 10.1. The van der Waals surface area contributed by atoms with Gasteiger partial charge in [0.25, 0.3) is 5.91 Å². The molecule has 0 heterocycles. The molecule has 1 fully saturated rings. The molecule has 9 heteroatoms. The number of nitrogens with one attached hydrogen (secondary N) is 3. The van der Waals surface area contributed by atoms with Gasteiger partial charge in [-0.05, 0) is 58.7 Å². The van der Waals surface area contributed by atoms with Gasteiger partial charge in [0.2, 0.25) is 15.9 Å². The molecule has 1 aliphatic rings. The van der Waals surface area contributed by atoms with E-state index >= 15 is 0 Å². The highest BCUT2D eigenvalue weighted by Crippen LogP contribution is 2.28. The number of carbonyl (C=O) groups is 2. The maximum absolute atomic E-state index is 12.5. The van der Waals surface area contributed by atoms with Crippen LogP contribution in [0.1, 0.15) is 50.9 Å². The lowest BCUT2D eigenvalue weighted by Crippen LogP contribution is -2.50. The zero-order chi connectivity index (χ0) is 20.4. The Morgan fingerprint density at radius 1 is 1.22 bits per heavy atom. The molecule has 150 valence electrons. The summed E-state index contributed by atoms with van der Waals surface area (Å²) < 4.78 is 32.8. The van der Waals surface area contributed by atoms with Gasteiger partial charge >= 0.3 is 0 Å². The van der Waals surface area contributed by atoms with Gasteiger partial charge in [0.1, 0.15) is 16.7 Å². The molecule has 3 N–H and O–H groups in total. The molecule has 1 unspecified atom stereocenters. The highest BCUT2D eigenvalue weighted by Gasteiger charge is 2.30. The van der Waals surface area contributed by atoms with Crippen molar-refractivity contribution in [3.8, 4) is 5.75 Å². The van der Waals surface area contributed by atoms with Crippen molar-refractivity contribution >= 4 is 21.8 Å². The third-order valence-corrected chi connectivity index (χ3v) is 5.40. The summed E-state index contributed by atoms with van der Waals surface area (Å²) in [5.41, 5.74) is -0.297. The van der Waals surface area contributed by atoms with E-state index in [9.17, 15) is 18.0 Å². The van der Waals surface area contributed by atoms with Crippen molar-refractivity contribution in [3.05, 3.63) is 23.8 Å². The van der Waals surface area contributed by atoms with Crippen molar-refractivity contribution < 1.29 is 22.7 Å². The summed E-state index contributed by atoms with van der Waals surface area (Å²) in [6.07, 6.45) is 1.59. The van der Waals surface area contributed by atoms with E-state index in [1.54, 1.807) is 6.92 Å². The summed E-state index contributed by atoms with van der Waals surface area (Å²) >= 11 is 0. The molecule has 0 bridgehead atoms. The molecule has 0 aliphatic heterocycles. The number of rotatable bonds is 7. The Bertz CT molecular complexity index is 826. The molecule has 1 aliphatic carbocycles. The molecule has 1 atom stereocenters. The predicted molar refractivity (Wildman–Crippen MR) is 101 cm³/mol. The van der Waals surface area contributed by atoms with Crippen LogP contribution in [-0.4, -0.2) is 45.0 Å². The molecule has 0 aromatic heterocycles. The summed E-state index contributed by atoms with van der Waals surface area (Å²) in [6, 6.07) is 3.30. The Labute approximate surface area is 160 Å². The smallest absolute Gasteiger partial charge is 0.251 e. The summed E-state index contributed by atoms with van der Waals surface area (Å²) in [4.78, 5) is 24.5. The number of ether oxygens (including phenoxy) is 1. The number of hydrogen-bond donors (Lipinski definition) is 3. The van der Waals surface area contributed by atoms with Crippen molar-refractivity contribution in [2.45, 2.75) is 63.1 Å². The minimum absolute atomic E-state index is 0.0710. The second-order valence-electron chi connectivity index (χ2n) is 7.70. The van der Waals surface area contributed by atoms with E-state index in [2.05, 4.69) is 15.4 Å². The fourth-order valence-corrected chi connectivity index (χ4v) is 3.84. The molecule has 0 saturated heterocycles. The van der Waals surface area contributed by atoms with Crippen molar-refractivity contribution in [2.24, 2.45) is 0 Å². The summed E-state index contributed by atoms with van der Waals surface area (Å²) in [7, 11) is -2.43. The van der Waals surface area contributed by atoms with Gasteiger partial charge in [0.15, 0.2) is 0 Å². The number of amides is 2. The fraction of sp³-hybridized carbons (Fsp3) is 0.556. The maximum Gasteiger partial charge on any atom is 0.251 e. The van der Waals surface area contributed by atoms with Crippen LogP contribution in [0.3, 0.4) is 0 Å². The largest absolute Gasteiger partial charge is 0.495 e. The summed E-state index contributed by atoms with van der Waals surface area (Å²) in [6.45, 7) is 7.08. The molecular formula is C18H27N3O5S. The Balaban J connectivity index is 2.19. The van der Waals surface area contributed by atoms with Crippen LogP contribution in [0.2, 0.25) is 0 Å². The monoisotopic (exact) mass is 397 g/mol. The van der Waals surface area contributed by atoms with Crippen LogP contribution >= 0.6 is 0 Å². The first-order valence-electron chi connectivity index (χ1n) is 8.76. The zero-order valence-electron chi connectivity index (χ0n) is 16.3. The molecule has 1 aromatic carbocycles. The first kappa shape index (κ1) is 21.2.